The summed E-state index contributed by atoms with van der Waals surface area (Å²) in [5.41, 5.74) is 0. The minimum atomic E-state index is -2.99. The molecule has 0 rings (SSSR count). The number of rotatable bonds is 52. The third-order valence-corrected chi connectivity index (χ3v) is 26.2. The number of nitrogens with zero attached hydrogens (tertiary/aromatic N) is 4. The van der Waals surface area contributed by atoms with Gasteiger partial charge in [0.05, 0.1) is 0 Å². The Hall–Kier alpha value is 0.308. The quantitative estimate of drug-likeness (QED) is 0.0540. The minimum Gasteiger partial charge on any atom is -0.374 e. The van der Waals surface area contributed by atoms with Crippen LogP contribution in [0.25, 0.3) is 0 Å². The van der Waals surface area contributed by atoms with Crippen molar-refractivity contribution in [3.05, 3.63) is 0 Å². The number of hydrogen-bond acceptors (Lipinski definition) is 14. The highest BCUT2D eigenvalue weighted by Crippen LogP contribution is 2.31. The first-order chi connectivity index (χ1) is 33.9. The second-order valence-electron chi connectivity index (χ2n) is 18.2. The molecule has 18 heteroatoms. The van der Waals surface area contributed by atoms with Crippen LogP contribution in [0.5, 0.6) is 0 Å². The van der Waals surface area contributed by atoms with E-state index in [0.29, 0.717) is 52.9 Å². The summed E-state index contributed by atoms with van der Waals surface area (Å²) in [6.45, 7) is 52.6. The Labute approximate surface area is 440 Å². The maximum atomic E-state index is 7.08. The molecule has 0 fully saturated rings. The van der Waals surface area contributed by atoms with Crippen LogP contribution in [0.1, 0.15) is 188 Å². The fourth-order valence-electron chi connectivity index (χ4n) is 7.95. The molecule has 0 aromatic carbocycles. The van der Waals surface area contributed by atoms with Crippen LogP contribution >= 0.6 is 0 Å². The van der Waals surface area contributed by atoms with Gasteiger partial charge in [-0.1, -0.05) is 111 Å². The number of hydrogen-bond donors (Lipinski definition) is 0. The van der Waals surface area contributed by atoms with Crippen molar-refractivity contribution in [2.75, 3.05) is 131 Å². The second-order valence-corrected chi connectivity index (χ2v) is 29.7. The summed E-state index contributed by atoms with van der Waals surface area (Å²) >= 11 is 0. The molecule has 0 saturated heterocycles. The highest BCUT2D eigenvalue weighted by Gasteiger charge is 2.55. The van der Waals surface area contributed by atoms with Gasteiger partial charge in [0.1, 0.15) is 0 Å². The Balaban J connectivity index is 0. The Kier molecular flexibility index (Phi) is 49.4. The third-order valence-electron chi connectivity index (χ3n) is 12.2. The molecule has 70 heavy (non-hydrogen) atoms. The van der Waals surface area contributed by atoms with Gasteiger partial charge in [-0.05, 0) is 156 Å². The van der Waals surface area contributed by atoms with E-state index in [1.165, 1.54) is 0 Å². The van der Waals surface area contributed by atoms with Crippen LogP contribution in [-0.2, 0) is 43.6 Å². The largest absolute Gasteiger partial charge is 0.493 e. The van der Waals surface area contributed by atoms with E-state index in [4.69, 9.17) is 43.6 Å². The van der Waals surface area contributed by atoms with Gasteiger partial charge >= 0.3 is 35.2 Å². The zero-order chi connectivity index (χ0) is 52.8. The van der Waals surface area contributed by atoms with Gasteiger partial charge in [-0.2, -0.15) is 0 Å². The lowest BCUT2D eigenvalue weighted by atomic mass is 10.4. The molecule has 0 atom stereocenters. The normalized spacial score (nSPS) is 12.9. The van der Waals surface area contributed by atoms with Gasteiger partial charge in [0.25, 0.3) is 0 Å². The summed E-state index contributed by atoms with van der Waals surface area (Å²) in [5.74, 6) is 0. The van der Waals surface area contributed by atoms with E-state index in [1.54, 1.807) is 0 Å². The van der Waals surface area contributed by atoms with Gasteiger partial charge < -0.3 is 63.2 Å². The van der Waals surface area contributed by atoms with Gasteiger partial charge in [0.15, 0.2) is 0 Å². The lowest BCUT2D eigenvalue weighted by Crippen LogP contribution is -2.59. The Morgan fingerprint density at radius 2 is 0.371 bits per heavy atom. The molecule has 0 amide bonds. The van der Waals surface area contributed by atoms with Crippen LogP contribution in [0.4, 0.5) is 0 Å². The molecule has 0 spiro atoms. The van der Waals surface area contributed by atoms with Gasteiger partial charge in [-0.3, -0.25) is 0 Å². The van der Waals surface area contributed by atoms with Crippen molar-refractivity contribution >= 4 is 35.2 Å². The van der Waals surface area contributed by atoms with Crippen LogP contribution in [0, 0.1) is 0 Å². The SMILES string of the molecule is CCCO[Si](CCCN(CC)CC)(OCCC)O[Si](CCCN(CC)CC)(OCCC)OCCC.CCCO[Si](CCCN(CC)CC)(OCCC)O[Si](CCCN(CC)CC)(OCCC)OCCC. The maximum Gasteiger partial charge on any atom is 0.493 e. The molecule has 14 nitrogen and oxygen atoms in total. The molecule has 0 unspecified atom stereocenters. The fourth-order valence-corrected chi connectivity index (χ4v) is 23.2. The topological polar surface area (TPSA) is 105 Å². The van der Waals surface area contributed by atoms with Gasteiger partial charge in [-0.15, -0.1) is 0 Å². The first kappa shape index (κ1) is 72.4. The summed E-state index contributed by atoms with van der Waals surface area (Å²) < 4.78 is 66.6. The van der Waals surface area contributed by atoms with Gasteiger partial charge in [-0.25, -0.2) is 0 Å². The molecule has 0 aliphatic carbocycles. The van der Waals surface area contributed by atoms with Crippen molar-refractivity contribution in [3.8, 4) is 0 Å². The van der Waals surface area contributed by atoms with E-state index in [9.17, 15) is 0 Å². The van der Waals surface area contributed by atoms with Crippen LogP contribution in [0.15, 0.2) is 0 Å². The third kappa shape index (κ3) is 33.4. The zero-order valence-electron chi connectivity index (χ0n) is 49.3. The van der Waals surface area contributed by atoms with Crippen molar-refractivity contribution < 1.29 is 43.6 Å². The molecular formula is C52H120N4O10Si4. The minimum absolute atomic E-state index is 0.646. The van der Waals surface area contributed by atoms with Crippen LogP contribution in [-0.4, -0.2) is 186 Å². The van der Waals surface area contributed by atoms with Gasteiger partial charge in [0.2, 0.25) is 0 Å². The predicted molar refractivity (Wildman–Crippen MR) is 304 cm³/mol. The lowest BCUT2D eigenvalue weighted by Gasteiger charge is -2.39. The van der Waals surface area contributed by atoms with E-state index >= 15 is 0 Å². The monoisotopic (exact) mass is 1070 g/mol. The molecule has 0 N–H and O–H groups in total. The average Bonchev–Trinajstić information content (AvgIpc) is 3.38. The van der Waals surface area contributed by atoms with Crippen LogP contribution in [0.2, 0.25) is 24.2 Å². The van der Waals surface area contributed by atoms with E-state index in [0.717, 1.165) is 180 Å². The molecule has 0 heterocycles. The highest BCUT2D eigenvalue weighted by molar-refractivity contribution is 6.75. The highest BCUT2D eigenvalue weighted by atomic mass is 28.5. The van der Waals surface area contributed by atoms with Gasteiger partial charge in [0, 0.05) is 77.0 Å². The summed E-state index contributed by atoms with van der Waals surface area (Å²) in [7, 11) is -12.0. The molecule has 424 valence electrons. The maximum absolute atomic E-state index is 7.08. The smallest absolute Gasteiger partial charge is 0.374 e. The predicted octanol–water partition coefficient (Wildman–Crippen LogP) is 12.1. The van der Waals surface area contributed by atoms with E-state index < -0.39 is 35.2 Å². The van der Waals surface area contributed by atoms with Crippen molar-refractivity contribution in [3.63, 3.8) is 0 Å². The Bertz CT molecular complexity index is 908. The molecule has 0 aliphatic heterocycles. The second kappa shape index (κ2) is 47.7. The average molecular weight is 1070 g/mol. The summed E-state index contributed by atoms with van der Waals surface area (Å²) in [5, 5.41) is 0. The van der Waals surface area contributed by atoms with E-state index in [-0.39, 0.29) is 0 Å². The van der Waals surface area contributed by atoms with E-state index in [2.05, 4.69) is 130 Å². The van der Waals surface area contributed by atoms with Crippen molar-refractivity contribution in [2.24, 2.45) is 0 Å². The fraction of sp³-hybridized carbons (Fsp3) is 1.00. The van der Waals surface area contributed by atoms with Crippen molar-refractivity contribution in [1.29, 1.82) is 0 Å². The summed E-state index contributed by atoms with van der Waals surface area (Å²) in [6, 6.07) is 3.22. The zero-order valence-corrected chi connectivity index (χ0v) is 53.3. The van der Waals surface area contributed by atoms with Crippen LogP contribution < -0.4 is 0 Å². The standard InChI is InChI=1S/2C26H60N2O5Si2/c2*1-9-21-29-34(30-22-10-2,25-17-19-27(13-5)14-6)33-35(31-23-11-3,32-24-12-4)26-18-20-28(15-7)16-8/h2*9-26H2,1-8H3. The molecular weight excluding hydrogens is 953 g/mol. The van der Waals surface area contributed by atoms with Crippen molar-refractivity contribution in [2.45, 2.75) is 212 Å². The van der Waals surface area contributed by atoms with Crippen LogP contribution in [0.3, 0.4) is 0 Å². The molecule has 0 bridgehead atoms. The van der Waals surface area contributed by atoms with E-state index in [1.807, 2.05) is 0 Å². The van der Waals surface area contributed by atoms with Crippen molar-refractivity contribution in [1.82, 2.24) is 19.6 Å². The molecule has 0 radical (unpaired) electrons. The first-order valence-electron chi connectivity index (χ1n) is 29.3. The Morgan fingerprint density at radius 3 is 0.486 bits per heavy atom. The molecule has 0 aromatic heterocycles. The Morgan fingerprint density at radius 1 is 0.229 bits per heavy atom. The lowest BCUT2D eigenvalue weighted by molar-refractivity contribution is 0.0379. The summed E-state index contributed by atoms with van der Waals surface area (Å²) in [4.78, 5) is 9.81. The molecule has 0 aromatic rings. The molecule has 0 saturated carbocycles. The summed E-state index contributed by atoms with van der Waals surface area (Å²) in [6.07, 6.45) is 11.5. The first-order valence-corrected chi connectivity index (χ1v) is 37.0. The molecule has 0 aliphatic rings.